The number of rotatable bonds is 9. The Morgan fingerprint density at radius 2 is 1.94 bits per heavy atom. The van der Waals surface area contributed by atoms with Crippen molar-refractivity contribution in [1.82, 2.24) is 5.32 Å². The third-order valence-corrected chi connectivity index (χ3v) is 7.02. The van der Waals surface area contributed by atoms with Gasteiger partial charge >= 0.3 is 5.97 Å². The van der Waals surface area contributed by atoms with Gasteiger partial charge in [-0.05, 0) is 45.6 Å². The third-order valence-electron chi connectivity index (χ3n) is 7.02. The molecule has 0 saturated carbocycles. The summed E-state index contributed by atoms with van der Waals surface area (Å²) in [4.78, 5) is 23.3. The Morgan fingerprint density at radius 3 is 2.60 bits per heavy atom. The summed E-state index contributed by atoms with van der Waals surface area (Å²) in [5.74, 6) is -0.288. The van der Waals surface area contributed by atoms with Crippen molar-refractivity contribution in [1.29, 1.82) is 0 Å². The van der Waals surface area contributed by atoms with E-state index < -0.39 is 6.10 Å². The van der Waals surface area contributed by atoms with Crippen molar-refractivity contribution in [2.45, 2.75) is 102 Å². The highest BCUT2D eigenvalue weighted by atomic mass is 16.6. The van der Waals surface area contributed by atoms with Crippen molar-refractivity contribution in [3.8, 4) is 0 Å². The SMILES string of the molecule is CC(=O)OC(C)C=CC(=O)NC1CC(C)C(CC=C(C)C=CC2CC3(CO3)CC(CN)O2)OC1C. The molecule has 0 aromatic heterocycles. The molecule has 0 bridgehead atoms. The first kappa shape index (κ1) is 27.6. The Labute approximate surface area is 209 Å². The second-order valence-corrected chi connectivity index (χ2v) is 10.3. The van der Waals surface area contributed by atoms with E-state index in [4.69, 9.17) is 24.7 Å². The van der Waals surface area contributed by atoms with Crippen molar-refractivity contribution >= 4 is 11.9 Å². The molecule has 1 amide bonds. The topological polar surface area (TPSA) is 112 Å². The first-order valence-electron chi connectivity index (χ1n) is 12.7. The minimum atomic E-state index is -0.444. The van der Waals surface area contributed by atoms with Gasteiger partial charge in [-0.3, -0.25) is 9.59 Å². The zero-order valence-corrected chi connectivity index (χ0v) is 21.7. The first-order chi connectivity index (χ1) is 16.6. The van der Waals surface area contributed by atoms with Crippen LogP contribution in [0.2, 0.25) is 0 Å². The zero-order chi connectivity index (χ0) is 25.6. The van der Waals surface area contributed by atoms with E-state index in [2.05, 4.69) is 37.4 Å². The molecule has 35 heavy (non-hydrogen) atoms. The molecule has 8 heteroatoms. The summed E-state index contributed by atoms with van der Waals surface area (Å²) in [5, 5.41) is 3.02. The van der Waals surface area contributed by atoms with Gasteiger partial charge in [0.1, 0.15) is 6.10 Å². The van der Waals surface area contributed by atoms with Crippen LogP contribution in [-0.4, -0.2) is 67.2 Å². The Hall–Kier alpha value is -2.00. The van der Waals surface area contributed by atoms with E-state index in [0.717, 1.165) is 32.3 Å². The average molecular weight is 491 g/mol. The second kappa shape index (κ2) is 12.3. The molecule has 0 radical (unpaired) electrons. The molecule has 196 valence electrons. The zero-order valence-electron chi connectivity index (χ0n) is 21.7. The van der Waals surface area contributed by atoms with Gasteiger partial charge in [0.25, 0.3) is 0 Å². The number of carbonyl (C=O) groups excluding carboxylic acids is 2. The van der Waals surface area contributed by atoms with Crippen LogP contribution < -0.4 is 11.1 Å². The number of nitrogens with two attached hydrogens (primary N) is 1. The van der Waals surface area contributed by atoms with E-state index in [1.165, 1.54) is 18.6 Å². The van der Waals surface area contributed by atoms with Gasteiger partial charge in [0.2, 0.25) is 5.91 Å². The fourth-order valence-electron chi connectivity index (χ4n) is 4.90. The van der Waals surface area contributed by atoms with Crippen molar-refractivity contribution in [2.75, 3.05) is 13.2 Å². The average Bonchev–Trinajstić information content (AvgIpc) is 3.54. The normalized spacial score (nSPS) is 36.5. The number of carbonyl (C=O) groups is 2. The largest absolute Gasteiger partial charge is 0.459 e. The van der Waals surface area contributed by atoms with Crippen molar-refractivity contribution in [2.24, 2.45) is 11.7 Å². The fraction of sp³-hybridized carbons (Fsp3) is 0.704. The lowest BCUT2D eigenvalue weighted by Crippen LogP contribution is -2.50. The molecule has 0 aromatic rings. The summed E-state index contributed by atoms with van der Waals surface area (Å²) < 4.78 is 23.0. The summed E-state index contributed by atoms with van der Waals surface area (Å²) in [6, 6.07) is -0.0664. The van der Waals surface area contributed by atoms with Crippen molar-refractivity contribution in [3.05, 3.63) is 36.0 Å². The van der Waals surface area contributed by atoms with Crippen LogP contribution in [0.1, 0.15) is 60.3 Å². The van der Waals surface area contributed by atoms with Gasteiger partial charge in [0, 0.05) is 32.4 Å². The number of allylic oxidation sites excluding steroid dienone is 2. The highest BCUT2D eigenvalue weighted by Gasteiger charge is 2.50. The number of ether oxygens (including phenoxy) is 4. The number of amides is 1. The van der Waals surface area contributed by atoms with Crippen LogP contribution in [0.5, 0.6) is 0 Å². The van der Waals surface area contributed by atoms with Crippen LogP contribution in [-0.2, 0) is 28.5 Å². The van der Waals surface area contributed by atoms with E-state index in [1.807, 2.05) is 6.92 Å². The smallest absolute Gasteiger partial charge is 0.303 e. The van der Waals surface area contributed by atoms with Crippen LogP contribution in [0.3, 0.4) is 0 Å². The molecule has 0 aromatic carbocycles. The molecule has 8 nitrogen and oxygen atoms in total. The highest BCUT2D eigenvalue weighted by molar-refractivity contribution is 5.87. The maximum Gasteiger partial charge on any atom is 0.303 e. The lowest BCUT2D eigenvalue weighted by atomic mass is 9.88. The quantitative estimate of drug-likeness (QED) is 0.221. The van der Waals surface area contributed by atoms with Gasteiger partial charge in [-0.15, -0.1) is 0 Å². The molecule has 1 spiro atoms. The number of epoxide rings is 1. The fourth-order valence-corrected chi connectivity index (χ4v) is 4.90. The van der Waals surface area contributed by atoms with Crippen LogP contribution in [0, 0.1) is 5.92 Å². The number of hydrogen-bond acceptors (Lipinski definition) is 7. The standard InChI is InChI=1S/C27H42N2O6/c1-17(6-9-22-13-27(16-32-27)14-23(15-28)35-22)7-10-25-18(2)12-24(20(4)34-25)29-26(31)11-8-19(3)33-21(5)30/h6-9,11,18-20,22-25H,10,12-16,28H2,1-5H3,(H,29,31). The second-order valence-electron chi connectivity index (χ2n) is 10.3. The summed E-state index contributed by atoms with van der Waals surface area (Å²) in [5.41, 5.74) is 6.98. The molecular formula is C27H42N2O6. The molecule has 8 atom stereocenters. The molecule has 3 aliphatic rings. The summed E-state index contributed by atoms with van der Waals surface area (Å²) in [6.45, 7) is 10.6. The molecule has 8 unspecified atom stereocenters. The number of nitrogens with one attached hydrogen (secondary N) is 1. The molecule has 3 rings (SSSR count). The van der Waals surface area contributed by atoms with E-state index in [0.29, 0.717) is 12.5 Å². The highest BCUT2D eigenvalue weighted by Crippen LogP contribution is 2.42. The predicted molar refractivity (Wildman–Crippen MR) is 134 cm³/mol. The van der Waals surface area contributed by atoms with Crippen molar-refractivity contribution in [3.63, 3.8) is 0 Å². The lowest BCUT2D eigenvalue weighted by molar-refractivity contribution is -0.143. The van der Waals surface area contributed by atoms with Crippen LogP contribution in [0.4, 0.5) is 0 Å². The molecule has 3 fully saturated rings. The Kier molecular flexibility index (Phi) is 9.69. The van der Waals surface area contributed by atoms with Crippen LogP contribution in [0.15, 0.2) is 36.0 Å². The summed E-state index contributed by atoms with van der Waals surface area (Å²) >= 11 is 0. The Morgan fingerprint density at radius 1 is 1.20 bits per heavy atom. The predicted octanol–water partition coefficient (Wildman–Crippen LogP) is 2.96. The van der Waals surface area contributed by atoms with E-state index in [-0.39, 0.29) is 47.9 Å². The summed E-state index contributed by atoms with van der Waals surface area (Å²) in [6.07, 6.45) is 12.5. The van der Waals surface area contributed by atoms with Gasteiger partial charge in [-0.25, -0.2) is 0 Å². The molecule has 3 saturated heterocycles. The van der Waals surface area contributed by atoms with Gasteiger partial charge < -0.3 is 30.0 Å². The maximum atomic E-state index is 12.3. The van der Waals surface area contributed by atoms with Crippen molar-refractivity contribution < 1.29 is 28.5 Å². The van der Waals surface area contributed by atoms with E-state index in [1.54, 1.807) is 13.0 Å². The van der Waals surface area contributed by atoms with Gasteiger partial charge in [-0.2, -0.15) is 0 Å². The summed E-state index contributed by atoms with van der Waals surface area (Å²) in [7, 11) is 0. The Balaban J connectivity index is 1.45. The van der Waals surface area contributed by atoms with E-state index >= 15 is 0 Å². The van der Waals surface area contributed by atoms with Crippen LogP contribution in [0.25, 0.3) is 0 Å². The van der Waals surface area contributed by atoms with E-state index in [9.17, 15) is 9.59 Å². The number of hydrogen-bond donors (Lipinski definition) is 2. The minimum Gasteiger partial charge on any atom is -0.459 e. The third kappa shape index (κ3) is 8.56. The van der Waals surface area contributed by atoms with Crippen LogP contribution >= 0.6 is 0 Å². The molecule has 3 N–H and O–H groups in total. The van der Waals surface area contributed by atoms with Gasteiger partial charge in [0.15, 0.2) is 0 Å². The monoisotopic (exact) mass is 490 g/mol. The maximum absolute atomic E-state index is 12.3. The molecular weight excluding hydrogens is 448 g/mol. The Bertz CT molecular complexity index is 834. The van der Waals surface area contributed by atoms with Gasteiger partial charge in [-0.1, -0.05) is 30.7 Å². The minimum absolute atomic E-state index is 0.0151. The number of esters is 1. The molecule has 0 aliphatic carbocycles. The van der Waals surface area contributed by atoms with Gasteiger partial charge in [0.05, 0.1) is 42.7 Å². The molecule has 3 heterocycles. The lowest BCUT2D eigenvalue weighted by Gasteiger charge is -2.39. The first-order valence-corrected chi connectivity index (χ1v) is 12.7. The molecule has 3 aliphatic heterocycles.